The van der Waals surface area contributed by atoms with E-state index < -0.39 is 6.10 Å². The number of aliphatic hydroxyl groups excluding tert-OH is 1. The van der Waals surface area contributed by atoms with Crippen LogP contribution in [0.15, 0.2) is 5.38 Å². The molecule has 0 fully saturated rings. The van der Waals surface area contributed by atoms with Crippen molar-refractivity contribution in [3.05, 3.63) is 11.1 Å². The largest absolute Gasteiger partial charge is 0.387 e. The molecule has 17 heavy (non-hydrogen) atoms. The number of rotatable bonds is 7. The second-order valence-corrected chi connectivity index (χ2v) is 5.01. The number of ether oxygens (including phenoxy) is 1. The van der Waals surface area contributed by atoms with E-state index in [1.165, 1.54) is 0 Å². The van der Waals surface area contributed by atoms with Crippen LogP contribution in [0.25, 0.3) is 0 Å². The van der Waals surface area contributed by atoms with Crippen molar-refractivity contribution in [2.75, 3.05) is 25.2 Å². The van der Waals surface area contributed by atoms with Crippen molar-refractivity contribution in [2.45, 2.75) is 39.3 Å². The Morgan fingerprint density at radius 3 is 2.71 bits per heavy atom. The van der Waals surface area contributed by atoms with Crippen LogP contribution in [0, 0.1) is 0 Å². The summed E-state index contributed by atoms with van der Waals surface area (Å²) in [7, 11) is 1.71. The van der Waals surface area contributed by atoms with Crippen LogP contribution >= 0.6 is 11.3 Å². The Labute approximate surface area is 107 Å². The topological polar surface area (TPSA) is 45.6 Å². The summed E-state index contributed by atoms with van der Waals surface area (Å²) >= 11 is 1.58. The van der Waals surface area contributed by atoms with Gasteiger partial charge in [0.25, 0.3) is 0 Å². The van der Waals surface area contributed by atoms with Crippen LogP contribution in [-0.4, -0.2) is 36.4 Å². The van der Waals surface area contributed by atoms with E-state index in [9.17, 15) is 5.11 Å². The SMILES string of the molecule is CCC(C)N(CCOC)c1nc(C(C)O)cs1. The molecule has 1 aromatic heterocycles. The van der Waals surface area contributed by atoms with Gasteiger partial charge in [0.05, 0.1) is 18.4 Å². The monoisotopic (exact) mass is 258 g/mol. The van der Waals surface area contributed by atoms with Gasteiger partial charge in [-0.15, -0.1) is 11.3 Å². The fourth-order valence-electron chi connectivity index (χ4n) is 1.51. The van der Waals surface area contributed by atoms with Gasteiger partial charge in [0.1, 0.15) is 0 Å². The highest BCUT2D eigenvalue weighted by atomic mass is 32.1. The van der Waals surface area contributed by atoms with Crippen molar-refractivity contribution in [2.24, 2.45) is 0 Å². The van der Waals surface area contributed by atoms with Gasteiger partial charge in [-0.1, -0.05) is 6.92 Å². The maximum absolute atomic E-state index is 9.49. The molecule has 4 nitrogen and oxygen atoms in total. The van der Waals surface area contributed by atoms with Gasteiger partial charge in [0.15, 0.2) is 5.13 Å². The van der Waals surface area contributed by atoms with E-state index in [1.807, 2.05) is 5.38 Å². The van der Waals surface area contributed by atoms with Crippen molar-refractivity contribution in [3.63, 3.8) is 0 Å². The summed E-state index contributed by atoms with van der Waals surface area (Å²) < 4.78 is 5.13. The minimum absolute atomic E-state index is 0.429. The van der Waals surface area contributed by atoms with Crippen LogP contribution < -0.4 is 4.90 Å². The number of methoxy groups -OCH3 is 1. The first-order valence-electron chi connectivity index (χ1n) is 5.99. The lowest BCUT2D eigenvalue weighted by Crippen LogP contribution is -2.35. The zero-order valence-corrected chi connectivity index (χ0v) is 11.8. The number of thiazole rings is 1. The molecule has 0 aliphatic carbocycles. The summed E-state index contributed by atoms with van der Waals surface area (Å²) in [5.41, 5.74) is 0.746. The van der Waals surface area contributed by atoms with Gasteiger partial charge in [0.2, 0.25) is 0 Å². The maximum Gasteiger partial charge on any atom is 0.185 e. The van der Waals surface area contributed by atoms with E-state index in [1.54, 1.807) is 25.4 Å². The molecular formula is C12H22N2O2S. The fraction of sp³-hybridized carbons (Fsp3) is 0.750. The Hall–Kier alpha value is -0.650. The molecule has 0 aliphatic rings. The lowest BCUT2D eigenvalue weighted by molar-refractivity contribution is 0.194. The van der Waals surface area contributed by atoms with E-state index in [2.05, 4.69) is 23.7 Å². The number of hydrogen-bond donors (Lipinski definition) is 1. The molecule has 0 spiro atoms. The Morgan fingerprint density at radius 1 is 1.53 bits per heavy atom. The average Bonchev–Trinajstić information content (AvgIpc) is 2.78. The molecule has 98 valence electrons. The number of aromatic nitrogens is 1. The summed E-state index contributed by atoms with van der Waals surface area (Å²) in [6.45, 7) is 7.60. The molecule has 1 heterocycles. The third-order valence-corrected chi connectivity index (χ3v) is 3.74. The molecule has 1 aromatic rings. The zero-order valence-electron chi connectivity index (χ0n) is 11.0. The van der Waals surface area contributed by atoms with Gasteiger partial charge in [0, 0.05) is 25.1 Å². The minimum Gasteiger partial charge on any atom is -0.387 e. The van der Waals surface area contributed by atoms with Gasteiger partial charge in [-0.25, -0.2) is 4.98 Å². The van der Waals surface area contributed by atoms with E-state index in [4.69, 9.17) is 4.74 Å². The highest BCUT2D eigenvalue weighted by molar-refractivity contribution is 7.13. The summed E-state index contributed by atoms with van der Waals surface area (Å²) in [6.07, 6.45) is 0.564. The molecule has 0 saturated heterocycles. The van der Waals surface area contributed by atoms with E-state index in [0.717, 1.165) is 23.8 Å². The van der Waals surface area contributed by atoms with Crippen molar-refractivity contribution in [1.29, 1.82) is 0 Å². The Balaban J connectivity index is 2.80. The molecule has 1 N–H and O–H groups in total. The van der Waals surface area contributed by atoms with Crippen LogP contribution in [0.3, 0.4) is 0 Å². The van der Waals surface area contributed by atoms with Crippen LogP contribution in [0.5, 0.6) is 0 Å². The molecule has 2 unspecified atom stereocenters. The van der Waals surface area contributed by atoms with Gasteiger partial charge < -0.3 is 14.7 Å². The van der Waals surface area contributed by atoms with Crippen molar-refractivity contribution in [3.8, 4) is 0 Å². The predicted octanol–water partition coefficient (Wildman–Crippen LogP) is 2.45. The summed E-state index contributed by atoms with van der Waals surface area (Å²) in [5, 5.41) is 12.4. The van der Waals surface area contributed by atoms with Gasteiger partial charge >= 0.3 is 0 Å². The fourth-order valence-corrected chi connectivity index (χ4v) is 2.56. The molecule has 2 atom stereocenters. The highest BCUT2D eigenvalue weighted by Gasteiger charge is 2.17. The van der Waals surface area contributed by atoms with Crippen molar-refractivity contribution in [1.82, 2.24) is 4.98 Å². The second kappa shape index (κ2) is 6.93. The summed E-state index contributed by atoms with van der Waals surface area (Å²) in [6, 6.07) is 0.429. The molecule has 0 radical (unpaired) electrons. The quantitative estimate of drug-likeness (QED) is 0.816. The lowest BCUT2D eigenvalue weighted by atomic mass is 10.2. The molecule has 5 heteroatoms. The van der Waals surface area contributed by atoms with Crippen LogP contribution in [0.1, 0.15) is 39.0 Å². The first-order valence-corrected chi connectivity index (χ1v) is 6.87. The summed E-state index contributed by atoms with van der Waals surface area (Å²) in [5.74, 6) is 0. The van der Waals surface area contributed by atoms with Crippen LogP contribution in [0.2, 0.25) is 0 Å². The zero-order chi connectivity index (χ0) is 12.8. The molecule has 0 aromatic carbocycles. The standard InChI is InChI=1S/C12H22N2O2S/c1-5-9(2)14(6-7-16-4)12-13-11(8-17-12)10(3)15/h8-10,15H,5-7H2,1-4H3. The highest BCUT2D eigenvalue weighted by Crippen LogP contribution is 2.26. The number of nitrogens with zero attached hydrogens (tertiary/aromatic N) is 2. The Morgan fingerprint density at radius 2 is 2.24 bits per heavy atom. The van der Waals surface area contributed by atoms with E-state index in [-0.39, 0.29) is 0 Å². The van der Waals surface area contributed by atoms with Crippen LogP contribution in [-0.2, 0) is 4.74 Å². The number of hydrogen-bond acceptors (Lipinski definition) is 5. The average molecular weight is 258 g/mol. The normalized spacial score (nSPS) is 14.6. The Kier molecular flexibility index (Phi) is 5.88. The predicted molar refractivity (Wildman–Crippen MR) is 71.7 cm³/mol. The Bertz CT molecular complexity index is 328. The van der Waals surface area contributed by atoms with Crippen molar-refractivity contribution < 1.29 is 9.84 Å². The van der Waals surface area contributed by atoms with Crippen molar-refractivity contribution >= 4 is 16.5 Å². The molecular weight excluding hydrogens is 236 g/mol. The number of anilines is 1. The molecule has 0 amide bonds. The lowest BCUT2D eigenvalue weighted by Gasteiger charge is -2.27. The smallest absolute Gasteiger partial charge is 0.185 e. The van der Waals surface area contributed by atoms with E-state index in [0.29, 0.717) is 12.6 Å². The van der Waals surface area contributed by atoms with Gasteiger partial charge in [-0.3, -0.25) is 0 Å². The van der Waals surface area contributed by atoms with Gasteiger partial charge in [-0.2, -0.15) is 0 Å². The van der Waals surface area contributed by atoms with Gasteiger partial charge in [-0.05, 0) is 20.3 Å². The first kappa shape index (κ1) is 14.4. The minimum atomic E-state index is -0.499. The third kappa shape index (κ3) is 3.94. The maximum atomic E-state index is 9.49. The molecule has 0 aliphatic heterocycles. The van der Waals surface area contributed by atoms with Crippen LogP contribution in [0.4, 0.5) is 5.13 Å². The molecule has 0 bridgehead atoms. The molecule has 1 rings (SSSR count). The second-order valence-electron chi connectivity index (χ2n) is 4.17. The third-order valence-electron chi connectivity index (χ3n) is 2.84. The molecule has 0 saturated carbocycles. The first-order chi connectivity index (χ1) is 8.10. The number of aliphatic hydroxyl groups is 1. The van der Waals surface area contributed by atoms with E-state index >= 15 is 0 Å². The summed E-state index contributed by atoms with van der Waals surface area (Å²) in [4.78, 5) is 6.71.